The molecule has 0 atom stereocenters. The molecule has 1 saturated heterocycles. The number of nitrogens with one attached hydrogen (secondary N) is 1. The number of benzene rings is 4. The summed E-state index contributed by atoms with van der Waals surface area (Å²) in [5.74, 6) is -1.04. The fraction of sp³-hybridized carbons (Fsp3) is 0.258. The molecule has 0 aliphatic carbocycles. The van der Waals surface area contributed by atoms with Gasteiger partial charge in [-0.3, -0.25) is 14.9 Å². The summed E-state index contributed by atoms with van der Waals surface area (Å²) in [7, 11) is 0. The van der Waals surface area contributed by atoms with Crippen LogP contribution in [0.5, 0.6) is 0 Å². The Balaban J connectivity index is 1.71. The van der Waals surface area contributed by atoms with Crippen LogP contribution >= 0.6 is 0 Å². The molecule has 5 rings (SSSR count). The van der Waals surface area contributed by atoms with E-state index >= 15 is 0 Å². The van der Waals surface area contributed by atoms with Gasteiger partial charge in [-0.1, -0.05) is 74.5 Å². The van der Waals surface area contributed by atoms with Gasteiger partial charge < -0.3 is 9.74 Å². The topological polar surface area (TPSA) is 79.0 Å². The van der Waals surface area contributed by atoms with Gasteiger partial charge in [0.15, 0.2) is 0 Å². The third-order valence-corrected chi connectivity index (χ3v) is 6.83. The first-order valence-electron chi connectivity index (χ1n) is 13.1. The summed E-state index contributed by atoms with van der Waals surface area (Å²) in [5.41, 5.74) is 3.51. The molecule has 7 nitrogen and oxygen atoms in total. The van der Waals surface area contributed by atoms with Gasteiger partial charge in [0.25, 0.3) is 11.8 Å². The van der Waals surface area contributed by atoms with Crippen LogP contribution in [0.1, 0.15) is 39.5 Å². The second-order valence-corrected chi connectivity index (χ2v) is 9.46. The van der Waals surface area contributed by atoms with Crippen molar-refractivity contribution < 1.29 is 19.2 Å². The molecule has 0 radical (unpaired) electrons. The Kier molecular flexibility index (Phi) is 7.26. The summed E-state index contributed by atoms with van der Waals surface area (Å²) in [4.78, 5) is 44.6. The minimum Gasteiger partial charge on any atom is -0.371 e. The van der Waals surface area contributed by atoms with Crippen LogP contribution in [-0.4, -0.2) is 36.1 Å². The zero-order valence-corrected chi connectivity index (χ0v) is 21.7. The van der Waals surface area contributed by atoms with Gasteiger partial charge in [0.2, 0.25) is 0 Å². The van der Waals surface area contributed by atoms with E-state index in [1.165, 1.54) is 0 Å². The van der Waals surface area contributed by atoms with Crippen LogP contribution < -0.4 is 10.2 Å². The Morgan fingerprint density at radius 2 is 1.34 bits per heavy atom. The monoisotopic (exact) mass is 509 g/mol. The lowest BCUT2D eigenvalue weighted by Gasteiger charge is -2.29. The lowest BCUT2D eigenvalue weighted by molar-refractivity contribution is -0.170. The molecule has 4 aromatic rings. The summed E-state index contributed by atoms with van der Waals surface area (Å²) in [5, 5.41) is 7.56. The van der Waals surface area contributed by atoms with Crippen LogP contribution in [0.4, 0.5) is 16.2 Å². The van der Waals surface area contributed by atoms with Gasteiger partial charge in [0.1, 0.15) is 0 Å². The van der Waals surface area contributed by atoms with Gasteiger partial charge in [-0.25, -0.2) is 4.79 Å². The van der Waals surface area contributed by atoms with Gasteiger partial charge in [0, 0.05) is 42.7 Å². The van der Waals surface area contributed by atoms with Crippen LogP contribution in [0.2, 0.25) is 0 Å². The maximum Gasteiger partial charge on any atom is 0.436 e. The van der Waals surface area contributed by atoms with Gasteiger partial charge in [-0.05, 0) is 46.5 Å². The summed E-state index contributed by atoms with van der Waals surface area (Å²) in [6, 6.07) is 24.4. The van der Waals surface area contributed by atoms with Crippen molar-refractivity contribution in [3.8, 4) is 11.1 Å². The fourth-order valence-corrected chi connectivity index (χ4v) is 5.20. The highest BCUT2D eigenvalue weighted by atomic mass is 16.7. The van der Waals surface area contributed by atoms with Crippen molar-refractivity contribution in [2.45, 2.75) is 39.5 Å². The number of carbonyl (C=O) groups excluding carboxylic acids is 3. The Labute approximate surface area is 221 Å². The van der Waals surface area contributed by atoms with Crippen LogP contribution in [0.3, 0.4) is 0 Å². The Hall–Kier alpha value is -4.39. The summed E-state index contributed by atoms with van der Waals surface area (Å²) >= 11 is 0. The van der Waals surface area contributed by atoms with Crippen molar-refractivity contribution in [1.29, 1.82) is 0 Å². The molecule has 0 bridgehead atoms. The molecule has 194 valence electrons. The molecule has 4 aromatic carbocycles. The van der Waals surface area contributed by atoms with E-state index < -0.39 is 17.9 Å². The lowest BCUT2D eigenvalue weighted by atomic mass is 9.90. The number of rotatable bonds is 8. The highest BCUT2D eigenvalue weighted by Gasteiger charge is 2.33. The normalized spacial score (nSPS) is 13.4. The molecule has 1 aliphatic heterocycles. The van der Waals surface area contributed by atoms with E-state index in [0.717, 1.165) is 64.3 Å². The summed E-state index contributed by atoms with van der Waals surface area (Å²) in [6.45, 7) is 6.14. The van der Waals surface area contributed by atoms with E-state index in [1.807, 2.05) is 48.5 Å². The molecule has 0 unspecified atom stereocenters. The smallest absolute Gasteiger partial charge is 0.371 e. The first-order valence-corrected chi connectivity index (χ1v) is 13.1. The number of anilines is 2. The highest BCUT2D eigenvalue weighted by molar-refractivity contribution is 6.15. The van der Waals surface area contributed by atoms with E-state index in [4.69, 9.17) is 4.84 Å². The standard InChI is InChI=1S/C31H31N3O4/c1-3-19-33(20-4-2)26-16-14-22-10-6-8-12-24(22)30(26)29-23-11-7-5-9-21(23)13-15-25(29)32-31(37)38-34-27(35)17-18-28(34)36/h5-16H,3-4,17-20H2,1-2H3,(H,32,37). The number of carbonyl (C=O) groups is 3. The number of amides is 3. The van der Waals surface area contributed by atoms with Crippen LogP contribution in [0.15, 0.2) is 72.8 Å². The first kappa shape index (κ1) is 25.3. The number of imide groups is 1. The predicted molar refractivity (Wildman–Crippen MR) is 151 cm³/mol. The molecule has 0 aromatic heterocycles. The molecule has 1 heterocycles. The number of hydrogen-bond donors (Lipinski definition) is 1. The van der Waals surface area contributed by atoms with E-state index in [-0.39, 0.29) is 12.8 Å². The molecule has 0 saturated carbocycles. The average Bonchev–Trinajstić information content (AvgIpc) is 3.24. The summed E-state index contributed by atoms with van der Waals surface area (Å²) in [6.07, 6.45) is 1.19. The van der Waals surface area contributed by atoms with Gasteiger partial charge in [0.05, 0.1) is 5.69 Å². The zero-order valence-electron chi connectivity index (χ0n) is 21.7. The molecule has 38 heavy (non-hydrogen) atoms. The maximum absolute atomic E-state index is 13.0. The van der Waals surface area contributed by atoms with Gasteiger partial charge in [-0.2, -0.15) is 0 Å². The van der Waals surface area contributed by atoms with E-state index in [2.05, 4.69) is 48.3 Å². The number of nitrogens with zero attached hydrogens (tertiary/aromatic N) is 2. The molecule has 1 fully saturated rings. The second-order valence-electron chi connectivity index (χ2n) is 9.46. The number of hydrogen-bond acceptors (Lipinski definition) is 5. The van der Waals surface area contributed by atoms with E-state index in [0.29, 0.717) is 10.8 Å². The van der Waals surface area contributed by atoms with Crippen LogP contribution in [0, 0.1) is 0 Å². The third kappa shape index (κ3) is 4.79. The third-order valence-electron chi connectivity index (χ3n) is 6.83. The minimum absolute atomic E-state index is 0.0391. The second kappa shape index (κ2) is 10.9. The van der Waals surface area contributed by atoms with Gasteiger partial charge in [-0.15, -0.1) is 5.06 Å². The number of hydroxylamine groups is 2. The quantitative estimate of drug-likeness (QED) is 0.261. The largest absolute Gasteiger partial charge is 0.436 e. The molecule has 1 N–H and O–H groups in total. The van der Waals surface area contributed by atoms with Crippen molar-refractivity contribution in [2.24, 2.45) is 0 Å². The Morgan fingerprint density at radius 1 is 0.789 bits per heavy atom. The summed E-state index contributed by atoms with van der Waals surface area (Å²) < 4.78 is 0. The van der Waals surface area contributed by atoms with Crippen molar-refractivity contribution in [3.05, 3.63) is 72.8 Å². The SMILES string of the molecule is CCCN(CCC)c1ccc2ccccc2c1-c1c(NC(=O)ON2C(=O)CCC2=O)ccc2ccccc12. The zero-order chi connectivity index (χ0) is 26.6. The maximum atomic E-state index is 13.0. The van der Waals surface area contributed by atoms with Gasteiger partial charge >= 0.3 is 6.09 Å². The predicted octanol–water partition coefficient (Wildman–Crippen LogP) is 6.90. The van der Waals surface area contributed by atoms with E-state index in [1.54, 1.807) is 0 Å². The van der Waals surface area contributed by atoms with Crippen molar-refractivity contribution in [1.82, 2.24) is 5.06 Å². The van der Waals surface area contributed by atoms with Crippen molar-refractivity contribution in [2.75, 3.05) is 23.3 Å². The molecule has 1 aliphatic rings. The number of fused-ring (bicyclic) bond motifs is 2. The molecule has 3 amide bonds. The fourth-order valence-electron chi connectivity index (χ4n) is 5.20. The molecular formula is C31H31N3O4. The Morgan fingerprint density at radius 3 is 1.95 bits per heavy atom. The molecule has 0 spiro atoms. The van der Waals surface area contributed by atoms with Crippen LogP contribution in [-0.2, 0) is 14.4 Å². The van der Waals surface area contributed by atoms with Crippen molar-refractivity contribution >= 4 is 50.8 Å². The molecule has 7 heteroatoms. The lowest BCUT2D eigenvalue weighted by Crippen LogP contribution is -2.34. The van der Waals surface area contributed by atoms with E-state index in [9.17, 15) is 14.4 Å². The Bertz CT molecular complexity index is 1510. The minimum atomic E-state index is -0.883. The van der Waals surface area contributed by atoms with Crippen molar-refractivity contribution in [3.63, 3.8) is 0 Å². The highest BCUT2D eigenvalue weighted by Crippen LogP contribution is 2.45. The van der Waals surface area contributed by atoms with Crippen LogP contribution in [0.25, 0.3) is 32.7 Å². The first-order chi connectivity index (χ1) is 18.5. The molecular weight excluding hydrogens is 478 g/mol. The average molecular weight is 510 g/mol.